The Morgan fingerprint density at radius 1 is 1.03 bits per heavy atom. The van der Waals surface area contributed by atoms with E-state index in [-0.39, 0.29) is 35.4 Å². The van der Waals surface area contributed by atoms with E-state index < -0.39 is 17.0 Å². The second-order valence-corrected chi connectivity index (χ2v) is 10.0. The zero-order chi connectivity index (χ0) is 26.8. The molecule has 1 saturated heterocycles. The number of fused-ring (bicyclic) bond motifs is 1. The second-order valence-electron chi connectivity index (χ2n) is 8.19. The number of ether oxygens (including phenoxy) is 4. The molecule has 7 nitrogen and oxygen atoms in total. The van der Waals surface area contributed by atoms with Gasteiger partial charge < -0.3 is 18.9 Å². The van der Waals surface area contributed by atoms with E-state index in [2.05, 4.69) is 0 Å². The Balaban J connectivity index is 1.34. The molecule has 0 aliphatic carbocycles. The van der Waals surface area contributed by atoms with Gasteiger partial charge in [-0.3, -0.25) is 14.5 Å². The highest BCUT2D eigenvalue weighted by atomic mass is 35.5. The van der Waals surface area contributed by atoms with Crippen molar-refractivity contribution in [2.45, 2.75) is 20.1 Å². The van der Waals surface area contributed by atoms with Crippen LogP contribution in [0.1, 0.15) is 23.6 Å². The maximum Gasteiger partial charge on any atom is 0.293 e. The number of carbonyl (C=O) groups excluding carboxylic acids is 2. The minimum atomic E-state index is -0.468. The highest BCUT2D eigenvalue weighted by Gasteiger charge is 2.36. The summed E-state index contributed by atoms with van der Waals surface area (Å²) >= 11 is 13.3. The van der Waals surface area contributed by atoms with Gasteiger partial charge in [-0.25, -0.2) is 4.39 Å². The van der Waals surface area contributed by atoms with Gasteiger partial charge in [-0.2, -0.15) is 0 Å². The van der Waals surface area contributed by atoms with Gasteiger partial charge in [-0.15, -0.1) is 0 Å². The van der Waals surface area contributed by atoms with Gasteiger partial charge in [0.25, 0.3) is 11.1 Å². The van der Waals surface area contributed by atoms with E-state index in [9.17, 15) is 14.0 Å². The lowest BCUT2D eigenvalue weighted by Crippen LogP contribution is -2.27. The van der Waals surface area contributed by atoms with E-state index in [0.29, 0.717) is 45.8 Å². The molecule has 5 rings (SSSR count). The number of imide groups is 1. The first-order valence-electron chi connectivity index (χ1n) is 11.5. The number of thioether (sulfide) groups is 1. The van der Waals surface area contributed by atoms with E-state index in [0.717, 1.165) is 16.7 Å². The van der Waals surface area contributed by atoms with Crippen LogP contribution in [0.15, 0.2) is 53.4 Å². The van der Waals surface area contributed by atoms with Gasteiger partial charge in [0.1, 0.15) is 12.4 Å². The molecular weight excluding hydrogens is 556 g/mol. The molecule has 2 heterocycles. The van der Waals surface area contributed by atoms with Gasteiger partial charge in [0.05, 0.1) is 23.1 Å². The van der Waals surface area contributed by atoms with E-state index in [1.54, 1.807) is 42.5 Å². The van der Waals surface area contributed by atoms with Crippen molar-refractivity contribution in [3.05, 3.63) is 86.0 Å². The molecule has 0 radical (unpaired) electrons. The van der Waals surface area contributed by atoms with Crippen LogP contribution in [0, 0.1) is 5.82 Å². The molecule has 3 aromatic carbocycles. The minimum Gasteiger partial charge on any atom is -0.490 e. The molecule has 11 heteroatoms. The van der Waals surface area contributed by atoms with Gasteiger partial charge in [-0.05, 0) is 66.2 Å². The van der Waals surface area contributed by atoms with E-state index >= 15 is 0 Å². The Kier molecular flexibility index (Phi) is 7.69. The molecule has 2 aliphatic rings. The lowest BCUT2D eigenvalue weighted by Gasteiger charge is -2.14. The Morgan fingerprint density at radius 3 is 2.58 bits per heavy atom. The fourth-order valence-electron chi connectivity index (χ4n) is 3.86. The molecule has 0 aromatic heterocycles. The summed E-state index contributed by atoms with van der Waals surface area (Å²) in [6.45, 7) is 2.16. The van der Waals surface area contributed by atoms with Gasteiger partial charge in [0.15, 0.2) is 23.0 Å². The number of hydrogen-bond donors (Lipinski definition) is 0. The first kappa shape index (κ1) is 26.2. The molecule has 2 amide bonds. The van der Waals surface area contributed by atoms with Crippen molar-refractivity contribution in [3.8, 4) is 23.0 Å². The Morgan fingerprint density at radius 2 is 1.82 bits per heavy atom. The Hall–Kier alpha value is -3.40. The summed E-state index contributed by atoms with van der Waals surface area (Å²) < 4.78 is 36.3. The fourth-order valence-corrected chi connectivity index (χ4v) is 5.13. The number of halogens is 3. The largest absolute Gasteiger partial charge is 0.490 e. The number of amides is 2. The molecule has 0 unspecified atom stereocenters. The molecule has 2 aliphatic heterocycles. The number of rotatable bonds is 8. The fraction of sp³-hybridized carbons (Fsp3) is 0.185. The molecule has 0 N–H and O–H groups in total. The van der Waals surface area contributed by atoms with Crippen LogP contribution >= 0.6 is 35.0 Å². The van der Waals surface area contributed by atoms with Crippen LogP contribution in [0.5, 0.6) is 23.0 Å². The maximum absolute atomic E-state index is 14.1. The van der Waals surface area contributed by atoms with Crippen molar-refractivity contribution in [2.24, 2.45) is 0 Å². The molecule has 3 aromatic rings. The predicted octanol–water partition coefficient (Wildman–Crippen LogP) is 7.08. The number of benzene rings is 3. The van der Waals surface area contributed by atoms with Gasteiger partial charge in [-0.1, -0.05) is 35.3 Å². The van der Waals surface area contributed by atoms with Crippen LogP contribution in [0.2, 0.25) is 10.0 Å². The quantitative estimate of drug-likeness (QED) is 0.266. The van der Waals surface area contributed by atoms with Crippen molar-refractivity contribution in [1.82, 2.24) is 4.90 Å². The zero-order valence-corrected chi connectivity index (χ0v) is 22.3. The molecule has 0 saturated carbocycles. The number of carbonyl (C=O) groups is 2. The molecule has 38 heavy (non-hydrogen) atoms. The molecule has 0 spiro atoms. The SMILES string of the molecule is CCOc1cc(/C=C2\SC(=O)N(Cc3cc4c(cc3Cl)OCO4)C2=O)ccc1OCc1c(F)cccc1Cl. The summed E-state index contributed by atoms with van der Waals surface area (Å²) in [4.78, 5) is 27.1. The summed E-state index contributed by atoms with van der Waals surface area (Å²) in [5, 5.41) is 0.213. The number of nitrogens with zero attached hydrogens (tertiary/aromatic N) is 1. The molecule has 0 atom stereocenters. The van der Waals surface area contributed by atoms with Crippen molar-refractivity contribution in [3.63, 3.8) is 0 Å². The van der Waals surface area contributed by atoms with Crippen molar-refractivity contribution >= 4 is 52.2 Å². The average Bonchev–Trinajstić information content (AvgIpc) is 3.44. The highest BCUT2D eigenvalue weighted by molar-refractivity contribution is 8.18. The Labute approximate surface area is 232 Å². The molecular formula is C27H20Cl2FNO6S. The average molecular weight is 576 g/mol. The summed E-state index contributed by atoms with van der Waals surface area (Å²) in [5.41, 5.74) is 1.42. The third kappa shape index (κ3) is 5.41. The summed E-state index contributed by atoms with van der Waals surface area (Å²) in [6.07, 6.45) is 1.60. The first-order valence-corrected chi connectivity index (χ1v) is 13.1. The number of hydrogen-bond acceptors (Lipinski definition) is 7. The van der Waals surface area contributed by atoms with Gasteiger partial charge in [0, 0.05) is 16.7 Å². The molecule has 1 fully saturated rings. The van der Waals surface area contributed by atoms with Gasteiger partial charge in [0.2, 0.25) is 6.79 Å². The maximum atomic E-state index is 14.1. The van der Waals surface area contributed by atoms with Crippen LogP contribution in [-0.2, 0) is 17.9 Å². The normalized spacial score (nSPS) is 15.5. The standard InChI is InChI=1S/C27H20Cl2FNO6S/c1-2-34-22-8-15(6-7-21(22)35-13-17-18(28)4-3-5-20(17)30)9-25-26(32)31(27(33)38-25)12-16-10-23-24(11-19(16)29)37-14-36-23/h3-11H,2,12-14H2,1H3/b25-9-. The van der Waals surface area contributed by atoms with Crippen molar-refractivity contribution in [2.75, 3.05) is 13.4 Å². The van der Waals surface area contributed by atoms with Crippen molar-refractivity contribution < 1.29 is 32.9 Å². The lowest BCUT2D eigenvalue weighted by molar-refractivity contribution is -0.123. The Bertz CT molecular complexity index is 1440. The lowest BCUT2D eigenvalue weighted by atomic mass is 10.1. The van der Waals surface area contributed by atoms with Crippen LogP contribution in [0.3, 0.4) is 0 Å². The third-order valence-corrected chi connectivity index (χ3v) is 7.36. The topological polar surface area (TPSA) is 74.3 Å². The van der Waals surface area contributed by atoms with E-state index in [1.165, 1.54) is 12.1 Å². The van der Waals surface area contributed by atoms with Crippen LogP contribution < -0.4 is 18.9 Å². The summed E-state index contributed by atoms with van der Waals surface area (Å²) in [6, 6.07) is 12.7. The van der Waals surface area contributed by atoms with Crippen LogP contribution in [0.25, 0.3) is 6.08 Å². The third-order valence-electron chi connectivity index (χ3n) is 5.74. The van der Waals surface area contributed by atoms with E-state index in [1.807, 2.05) is 6.92 Å². The molecule has 196 valence electrons. The minimum absolute atomic E-state index is 0.00689. The highest BCUT2D eigenvalue weighted by Crippen LogP contribution is 2.40. The second kappa shape index (κ2) is 11.1. The predicted molar refractivity (Wildman–Crippen MR) is 142 cm³/mol. The summed E-state index contributed by atoms with van der Waals surface area (Å²) in [7, 11) is 0. The summed E-state index contributed by atoms with van der Waals surface area (Å²) in [5.74, 6) is 0.900. The zero-order valence-electron chi connectivity index (χ0n) is 20.0. The van der Waals surface area contributed by atoms with E-state index in [4.69, 9.17) is 42.1 Å². The van der Waals surface area contributed by atoms with Crippen LogP contribution in [-0.4, -0.2) is 29.4 Å². The first-order chi connectivity index (χ1) is 18.3. The van der Waals surface area contributed by atoms with Gasteiger partial charge >= 0.3 is 0 Å². The van der Waals surface area contributed by atoms with Crippen molar-refractivity contribution in [1.29, 1.82) is 0 Å². The monoisotopic (exact) mass is 575 g/mol. The molecule has 0 bridgehead atoms. The smallest absolute Gasteiger partial charge is 0.293 e. The van der Waals surface area contributed by atoms with Crippen LogP contribution in [0.4, 0.5) is 9.18 Å².